The van der Waals surface area contributed by atoms with E-state index in [4.69, 9.17) is 0 Å². The van der Waals surface area contributed by atoms with Crippen LogP contribution < -0.4 is 5.32 Å². The molecule has 1 aliphatic heterocycles. The van der Waals surface area contributed by atoms with Gasteiger partial charge in [-0.25, -0.2) is 4.68 Å². The Hall–Kier alpha value is -2.17. The van der Waals surface area contributed by atoms with Gasteiger partial charge in [-0.05, 0) is 30.4 Å². The molecular weight excluding hydrogens is 252 g/mol. The lowest BCUT2D eigenvalue weighted by molar-refractivity contribution is -0.116. The van der Waals surface area contributed by atoms with E-state index in [-0.39, 0.29) is 11.8 Å². The number of nitrogens with zero attached hydrogens (tertiary/aromatic N) is 3. The maximum Gasteiger partial charge on any atom is 0.226 e. The molecular formula is C15H16N4O. The summed E-state index contributed by atoms with van der Waals surface area (Å²) in [4.78, 5) is 16.2. The lowest BCUT2D eigenvalue weighted by Crippen LogP contribution is -2.25. The molecule has 1 unspecified atom stereocenters. The van der Waals surface area contributed by atoms with Gasteiger partial charge in [0.15, 0.2) is 0 Å². The zero-order valence-electron chi connectivity index (χ0n) is 11.1. The molecule has 102 valence electrons. The second kappa shape index (κ2) is 4.44. The van der Waals surface area contributed by atoms with Crippen molar-refractivity contribution in [1.82, 2.24) is 14.8 Å². The minimum Gasteiger partial charge on any atom is -0.311 e. The number of nitrogens with one attached hydrogen (secondary N) is 1. The predicted octanol–water partition coefficient (Wildman–Crippen LogP) is 2.16. The number of hydrogen-bond acceptors (Lipinski definition) is 3. The van der Waals surface area contributed by atoms with Gasteiger partial charge in [-0.15, -0.1) is 0 Å². The Labute approximate surface area is 117 Å². The van der Waals surface area contributed by atoms with Crippen molar-refractivity contribution in [3.63, 3.8) is 0 Å². The minimum atomic E-state index is 0.0592. The largest absolute Gasteiger partial charge is 0.311 e. The SMILES string of the molecule is O=C1CC(c2cccnc2)c2cnn(CC3CC3)c2N1. The summed E-state index contributed by atoms with van der Waals surface area (Å²) in [6.07, 6.45) is 8.50. The van der Waals surface area contributed by atoms with Crippen LogP contribution in [0.5, 0.6) is 0 Å². The number of hydrogen-bond donors (Lipinski definition) is 1. The second-order valence-corrected chi connectivity index (χ2v) is 5.67. The molecule has 0 aromatic carbocycles. The van der Waals surface area contributed by atoms with Crippen molar-refractivity contribution in [3.05, 3.63) is 41.9 Å². The van der Waals surface area contributed by atoms with Gasteiger partial charge in [0, 0.05) is 36.8 Å². The fraction of sp³-hybridized carbons (Fsp3) is 0.400. The fourth-order valence-electron chi connectivity index (χ4n) is 2.83. The average molecular weight is 268 g/mol. The van der Waals surface area contributed by atoms with E-state index in [9.17, 15) is 4.79 Å². The number of anilines is 1. The first-order valence-corrected chi connectivity index (χ1v) is 7.07. The summed E-state index contributed by atoms with van der Waals surface area (Å²) in [5, 5.41) is 7.45. The molecule has 5 nitrogen and oxygen atoms in total. The fourth-order valence-corrected chi connectivity index (χ4v) is 2.83. The number of rotatable bonds is 3. The summed E-state index contributed by atoms with van der Waals surface area (Å²) in [6, 6.07) is 3.94. The third-order valence-corrected chi connectivity index (χ3v) is 4.11. The zero-order chi connectivity index (χ0) is 13.5. The van der Waals surface area contributed by atoms with Crippen molar-refractivity contribution in [3.8, 4) is 0 Å². The first-order valence-electron chi connectivity index (χ1n) is 7.07. The summed E-state index contributed by atoms with van der Waals surface area (Å²) in [6.45, 7) is 0.912. The smallest absolute Gasteiger partial charge is 0.226 e. The van der Waals surface area contributed by atoms with Crippen LogP contribution in [-0.2, 0) is 11.3 Å². The van der Waals surface area contributed by atoms with E-state index in [1.807, 2.05) is 29.2 Å². The molecule has 1 fully saturated rings. The number of amides is 1. The van der Waals surface area contributed by atoms with E-state index in [2.05, 4.69) is 15.4 Å². The van der Waals surface area contributed by atoms with E-state index < -0.39 is 0 Å². The van der Waals surface area contributed by atoms with Gasteiger partial charge in [0.1, 0.15) is 5.82 Å². The highest BCUT2D eigenvalue weighted by Crippen LogP contribution is 2.38. The van der Waals surface area contributed by atoms with Crippen molar-refractivity contribution in [2.75, 3.05) is 5.32 Å². The first kappa shape index (κ1) is 11.6. The Morgan fingerprint density at radius 1 is 1.35 bits per heavy atom. The molecule has 0 radical (unpaired) electrons. The highest BCUT2D eigenvalue weighted by Gasteiger charge is 2.31. The van der Waals surface area contributed by atoms with E-state index >= 15 is 0 Å². The van der Waals surface area contributed by atoms with Crippen LogP contribution in [0.15, 0.2) is 30.7 Å². The van der Waals surface area contributed by atoms with Gasteiger partial charge >= 0.3 is 0 Å². The lowest BCUT2D eigenvalue weighted by atomic mass is 9.88. The standard InChI is InChI=1S/C15H16N4O/c20-14-6-12(11-2-1-5-16-7-11)13-8-17-19(15(13)18-14)9-10-3-4-10/h1-2,5,7-8,10,12H,3-4,6,9H2,(H,18,20). The predicted molar refractivity (Wildman–Crippen MR) is 74.3 cm³/mol. The molecule has 3 heterocycles. The van der Waals surface area contributed by atoms with Crippen LogP contribution in [0, 0.1) is 5.92 Å². The molecule has 1 saturated carbocycles. The van der Waals surface area contributed by atoms with Gasteiger partial charge in [-0.1, -0.05) is 6.07 Å². The van der Waals surface area contributed by atoms with Gasteiger partial charge in [0.2, 0.25) is 5.91 Å². The number of fused-ring (bicyclic) bond motifs is 1. The number of carbonyl (C=O) groups is 1. The van der Waals surface area contributed by atoms with Crippen LogP contribution in [0.25, 0.3) is 0 Å². The summed E-state index contributed by atoms with van der Waals surface area (Å²) in [7, 11) is 0. The molecule has 2 aromatic rings. The summed E-state index contributed by atoms with van der Waals surface area (Å²) in [5.41, 5.74) is 2.19. The highest BCUT2D eigenvalue weighted by atomic mass is 16.1. The van der Waals surface area contributed by atoms with Crippen LogP contribution in [0.1, 0.15) is 36.3 Å². The van der Waals surface area contributed by atoms with E-state index in [1.165, 1.54) is 12.8 Å². The van der Waals surface area contributed by atoms with Gasteiger partial charge in [0.25, 0.3) is 0 Å². The molecule has 1 aliphatic carbocycles. The monoisotopic (exact) mass is 268 g/mol. The maximum atomic E-state index is 12.0. The molecule has 20 heavy (non-hydrogen) atoms. The molecule has 0 spiro atoms. The average Bonchev–Trinajstić information content (AvgIpc) is 3.20. The Balaban J connectivity index is 1.73. The molecule has 1 amide bonds. The zero-order valence-corrected chi connectivity index (χ0v) is 11.1. The molecule has 0 bridgehead atoms. The van der Waals surface area contributed by atoms with Crippen molar-refractivity contribution in [1.29, 1.82) is 0 Å². The Bertz CT molecular complexity index is 645. The maximum absolute atomic E-state index is 12.0. The van der Waals surface area contributed by atoms with Crippen LogP contribution in [0.2, 0.25) is 0 Å². The lowest BCUT2D eigenvalue weighted by Gasteiger charge is -2.23. The number of carbonyl (C=O) groups excluding carboxylic acids is 1. The molecule has 2 aliphatic rings. The van der Waals surface area contributed by atoms with Crippen molar-refractivity contribution >= 4 is 11.7 Å². The minimum absolute atomic E-state index is 0.0592. The molecule has 4 rings (SSSR count). The van der Waals surface area contributed by atoms with Crippen LogP contribution in [-0.4, -0.2) is 20.7 Å². The van der Waals surface area contributed by atoms with Gasteiger partial charge in [0.05, 0.1) is 6.20 Å². The van der Waals surface area contributed by atoms with Crippen LogP contribution in [0.4, 0.5) is 5.82 Å². The third kappa shape index (κ3) is 1.99. The van der Waals surface area contributed by atoms with Crippen molar-refractivity contribution < 1.29 is 4.79 Å². The summed E-state index contributed by atoms with van der Waals surface area (Å²) < 4.78 is 1.95. The molecule has 5 heteroatoms. The molecule has 2 aromatic heterocycles. The summed E-state index contributed by atoms with van der Waals surface area (Å²) in [5.74, 6) is 1.74. The van der Waals surface area contributed by atoms with Crippen LogP contribution in [0.3, 0.4) is 0 Å². The molecule has 1 atom stereocenters. The Kier molecular flexibility index (Phi) is 2.58. The molecule has 1 N–H and O–H groups in total. The number of pyridine rings is 1. The normalized spacial score (nSPS) is 21.4. The van der Waals surface area contributed by atoms with Gasteiger partial charge in [-0.3, -0.25) is 9.78 Å². The quantitative estimate of drug-likeness (QED) is 0.928. The highest BCUT2D eigenvalue weighted by molar-refractivity contribution is 5.94. The third-order valence-electron chi connectivity index (χ3n) is 4.11. The van der Waals surface area contributed by atoms with E-state index in [0.717, 1.165) is 29.4 Å². The van der Waals surface area contributed by atoms with Crippen LogP contribution >= 0.6 is 0 Å². The summed E-state index contributed by atoms with van der Waals surface area (Å²) >= 11 is 0. The van der Waals surface area contributed by atoms with Crippen molar-refractivity contribution in [2.45, 2.75) is 31.7 Å². The first-order chi connectivity index (χ1) is 9.81. The second-order valence-electron chi connectivity index (χ2n) is 5.67. The van der Waals surface area contributed by atoms with E-state index in [1.54, 1.807) is 6.20 Å². The van der Waals surface area contributed by atoms with Gasteiger partial charge < -0.3 is 5.32 Å². The number of aromatic nitrogens is 3. The topological polar surface area (TPSA) is 59.8 Å². The molecule has 0 saturated heterocycles. The van der Waals surface area contributed by atoms with E-state index in [0.29, 0.717) is 6.42 Å². The Morgan fingerprint density at radius 3 is 3.00 bits per heavy atom. The van der Waals surface area contributed by atoms with Crippen molar-refractivity contribution in [2.24, 2.45) is 5.92 Å². The van der Waals surface area contributed by atoms with Gasteiger partial charge in [-0.2, -0.15) is 5.10 Å². The Morgan fingerprint density at radius 2 is 2.25 bits per heavy atom.